The molecule has 3 aromatic heterocycles. The minimum absolute atomic E-state index is 0.219. The number of fused-ring (bicyclic) bond motifs is 2. The molecule has 8 heteroatoms. The summed E-state index contributed by atoms with van der Waals surface area (Å²) >= 11 is 7.23. The van der Waals surface area contributed by atoms with Crippen LogP contribution < -0.4 is 5.69 Å². The van der Waals surface area contributed by atoms with Crippen molar-refractivity contribution in [2.24, 2.45) is 0 Å². The Hall–Kier alpha value is -2.25. The van der Waals surface area contributed by atoms with Crippen LogP contribution in [-0.4, -0.2) is 22.9 Å². The minimum Gasteiger partial charge on any atom is -0.249 e. The molecule has 0 bridgehead atoms. The van der Waals surface area contributed by atoms with Crippen LogP contribution in [-0.2, 0) is 6.54 Å². The monoisotopic (exact) mass is 317 g/mol. The largest absolute Gasteiger partial charge is 0.350 e. The maximum absolute atomic E-state index is 12.3. The fourth-order valence-corrected chi connectivity index (χ4v) is 2.93. The fraction of sp³-hybridized carbons (Fsp3) is 0.0769. The van der Waals surface area contributed by atoms with Crippen molar-refractivity contribution in [3.63, 3.8) is 0 Å². The van der Waals surface area contributed by atoms with Gasteiger partial charge in [0.1, 0.15) is 11.0 Å². The third kappa shape index (κ3) is 2.01. The van der Waals surface area contributed by atoms with Gasteiger partial charge in [0.2, 0.25) is 0 Å². The molecule has 1 aromatic carbocycles. The molecule has 3 heterocycles. The van der Waals surface area contributed by atoms with Gasteiger partial charge in [-0.3, -0.25) is 0 Å². The lowest BCUT2D eigenvalue weighted by Gasteiger charge is -1.99. The number of nitrogens with zero attached hydrogens (tertiary/aromatic N) is 5. The van der Waals surface area contributed by atoms with Crippen molar-refractivity contribution >= 4 is 40.0 Å². The zero-order valence-corrected chi connectivity index (χ0v) is 12.2. The van der Waals surface area contributed by atoms with Gasteiger partial charge in [-0.15, -0.1) is 5.10 Å². The van der Waals surface area contributed by atoms with Crippen molar-refractivity contribution in [1.29, 1.82) is 0 Å². The molecule has 104 valence electrons. The number of rotatable bonds is 2. The molecule has 0 aliphatic carbocycles. The van der Waals surface area contributed by atoms with Gasteiger partial charge in [-0.25, -0.2) is 13.9 Å². The van der Waals surface area contributed by atoms with E-state index in [1.165, 1.54) is 20.8 Å². The molecule has 0 amide bonds. The van der Waals surface area contributed by atoms with Gasteiger partial charge in [0.15, 0.2) is 5.65 Å². The Morgan fingerprint density at radius 1 is 1.19 bits per heavy atom. The standard InChI is InChI=1S/C13H8ClN5OS/c14-9-2-1-5-18-12(9)15-19(13(18)20)7-8-3-4-10-11(6-8)17-21-16-10/h1-6H,7H2. The molecule has 6 nitrogen and oxygen atoms in total. The summed E-state index contributed by atoms with van der Waals surface area (Å²) in [6.45, 7) is 0.365. The number of hydrogen-bond acceptors (Lipinski definition) is 5. The third-order valence-corrected chi connectivity index (χ3v) is 4.06. The van der Waals surface area contributed by atoms with Crippen LogP contribution in [0.4, 0.5) is 0 Å². The smallest absolute Gasteiger partial charge is 0.249 e. The van der Waals surface area contributed by atoms with Crippen molar-refractivity contribution in [1.82, 2.24) is 22.9 Å². The van der Waals surface area contributed by atoms with Gasteiger partial charge in [-0.2, -0.15) is 8.75 Å². The Balaban J connectivity index is 1.81. The summed E-state index contributed by atoms with van der Waals surface area (Å²) in [5.74, 6) is 0. The van der Waals surface area contributed by atoms with Crippen LogP contribution in [0, 0.1) is 0 Å². The molecule has 0 unspecified atom stereocenters. The molecule has 0 radical (unpaired) electrons. The Morgan fingerprint density at radius 3 is 2.90 bits per heavy atom. The summed E-state index contributed by atoms with van der Waals surface area (Å²) in [4.78, 5) is 12.3. The highest BCUT2D eigenvalue weighted by molar-refractivity contribution is 7.00. The lowest BCUT2D eigenvalue weighted by Crippen LogP contribution is -2.21. The number of hydrogen-bond donors (Lipinski definition) is 0. The normalized spacial score (nSPS) is 11.5. The Bertz CT molecular complexity index is 1020. The van der Waals surface area contributed by atoms with Gasteiger partial charge < -0.3 is 0 Å². The van der Waals surface area contributed by atoms with Crippen LogP contribution in [0.1, 0.15) is 5.56 Å². The van der Waals surface area contributed by atoms with E-state index in [1.54, 1.807) is 18.3 Å². The zero-order valence-electron chi connectivity index (χ0n) is 10.6. The van der Waals surface area contributed by atoms with Gasteiger partial charge in [0, 0.05) is 6.20 Å². The molecular formula is C13H8ClN5OS. The first-order chi connectivity index (χ1) is 10.2. The third-order valence-electron chi connectivity index (χ3n) is 3.21. The average molecular weight is 318 g/mol. The predicted octanol–water partition coefficient (Wildman–Crippen LogP) is 2.20. The highest BCUT2D eigenvalue weighted by atomic mass is 35.5. The molecule has 0 aliphatic heterocycles. The minimum atomic E-state index is -0.219. The molecule has 0 saturated carbocycles. The molecule has 4 rings (SSSR count). The van der Waals surface area contributed by atoms with Crippen LogP contribution in [0.15, 0.2) is 41.3 Å². The first-order valence-corrected chi connectivity index (χ1v) is 7.28. The first-order valence-electron chi connectivity index (χ1n) is 6.17. The summed E-state index contributed by atoms with van der Waals surface area (Å²) in [6.07, 6.45) is 1.65. The van der Waals surface area contributed by atoms with Gasteiger partial charge in [0.25, 0.3) is 0 Å². The highest BCUT2D eigenvalue weighted by Crippen LogP contribution is 2.15. The van der Waals surface area contributed by atoms with E-state index in [-0.39, 0.29) is 5.69 Å². The average Bonchev–Trinajstić information content (AvgIpc) is 3.06. The summed E-state index contributed by atoms with van der Waals surface area (Å²) in [6, 6.07) is 9.15. The second-order valence-electron chi connectivity index (χ2n) is 4.58. The SMILES string of the molecule is O=c1n(Cc2ccc3nsnc3c2)nc2c(Cl)cccn12. The topological polar surface area (TPSA) is 65.1 Å². The van der Waals surface area contributed by atoms with Gasteiger partial charge in [-0.05, 0) is 29.8 Å². The van der Waals surface area contributed by atoms with Gasteiger partial charge in [-0.1, -0.05) is 17.7 Å². The predicted molar refractivity (Wildman–Crippen MR) is 81.0 cm³/mol. The quantitative estimate of drug-likeness (QED) is 0.568. The van der Waals surface area contributed by atoms with E-state index in [2.05, 4.69) is 13.8 Å². The van der Waals surface area contributed by atoms with E-state index in [9.17, 15) is 4.79 Å². The van der Waals surface area contributed by atoms with E-state index in [4.69, 9.17) is 11.6 Å². The Kier molecular flexibility index (Phi) is 2.76. The summed E-state index contributed by atoms with van der Waals surface area (Å²) in [7, 11) is 0. The van der Waals surface area contributed by atoms with E-state index in [0.29, 0.717) is 17.2 Å². The van der Waals surface area contributed by atoms with Crippen LogP contribution in [0.2, 0.25) is 5.02 Å². The summed E-state index contributed by atoms with van der Waals surface area (Å²) in [5, 5.41) is 4.73. The number of halogens is 1. The number of aromatic nitrogens is 5. The Labute approximate surface area is 127 Å². The Morgan fingerprint density at radius 2 is 2.05 bits per heavy atom. The van der Waals surface area contributed by atoms with Crippen LogP contribution >= 0.6 is 23.3 Å². The first kappa shape index (κ1) is 12.5. The maximum Gasteiger partial charge on any atom is 0.350 e. The van der Waals surface area contributed by atoms with Crippen LogP contribution in [0.3, 0.4) is 0 Å². The molecule has 21 heavy (non-hydrogen) atoms. The van der Waals surface area contributed by atoms with E-state index in [1.807, 2.05) is 18.2 Å². The van der Waals surface area contributed by atoms with Crippen molar-refractivity contribution in [3.05, 3.63) is 57.6 Å². The molecule has 0 saturated heterocycles. The highest BCUT2D eigenvalue weighted by Gasteiger charge is 2.10. The summed E-state index contributed by atoms with van der Waals surface area (Å²) < 4.78 is 11.2. The number of pyridine rings is 1. The summed E-state index contributed by atoms with van der Waals surface area (Å²) in [5.41, 5.74) is 2.86. The van der Waals surface area contributed by atoms with Crippen LogP contribution in [0.5, 0.6) is 0 Å². The molecule has 0 spiro atoms. The van der Waals surface area contributed by atoms with Gasteiger partial charge >= 0.3 is 5.69 Å². The van der Waals surface area contributed by atoms with Crippen molar-refractivity contribution in [3.8, 4) is 0 Å². The second-order valence-corrected chi connectivity index (χ2v) is 5.51. The lowest BCUT2D eigenvalue weighted by atomic mass is 10.2. The fourth-order valence-electron chi connectivity index (χ4n) is 2.21. The lowest BCUT2D eigenvalue weighted by molar-refractivity contribution is 0.659. The number of benzene rings is 1. The van der Waals surface area contributed by atoms with E-state index < -0.39 is 0 Å². The van der Waals surface area contributed by atoms with Crippen molar-refractivity contribution < 1.29 is 0 Å². The maximum atomic E-state index is 12.3. The zero-order chi connectivity index (χ0) is 14.4. The molecule has 4 aromatic rings. The van der Waals surface area contributed by atoms with Gasteiger partial charge in [0.05, 0.1) is 23.3 Å². The van der Waals surface area contributed by atoms with E-state index >= 15 is 0 Å². The molecule has 0 N–H and O–H groups in total. The molecular weight excluding hydrogens is 310 g/mol. The molecule has 0 aliphatic rings. The van der Waals surface area contributed by atoms with E-state index in [0.717, 1.165) is 16.6 Å². The molecule has 0 fully saturated rings. The van der Waals surface area contributed by atoms with Crippen molar-refractivity contribution in [2.45, 2.75) is 6.54 Å². The second kappa shape index (κ2) is 4.64. The van der Waals surface area contributed by atoms with Crippen LogP contribution in [0.25, 0.3) is 16.7 Å². The van der Waals surface area contributed by atoms with Crippen molar-refractivity contribution in [2.75, 3.05) is 0 Å². The molecule has 0 atom stereocenters.